The third-order valence-electron chi connectivity index (χ3n) is 3.33. The molecule has 3 rings (SSSR count). The number of oxazole rings is 1. The van der Waals surface area contributed by atoms with E-state index in [9.17, 15) is 0 Å². The number of rotatable bonds is 4. The van der Waals surface area contributed by atoms with Crippen molar-refractivity contribution in [2.24, 2.45) is 0 Å². The largest absolute Gasteiger partial charge is 0.439 e. The molecule has 1 N–H and O–H groups in total. The van der Waals surface area contributed by atoms with Crippen LogP contribution < -0.4 is 5.32 Å². The Balaban J connectivity index is 1.80. The van der Waals surface area contributed by atoms with Crippen molar-refractivity contribution < 1.29 is 4.42 Å². The number of benzene rings is 1. The number of nitrogens with one attached hydrogen (secondary N) is 1. The summed E-state index contributed by atoms with van der Waals surface area (Å²) in [5.41, 5.74) is 3.60. The molecule has 0 aliphatic heterocycles. The van der Waals surface area contributed by atoms with Crippen LogP contribution in [0.3, 0.4) is 0 Å². The number of nitrogens with zero attached hydrogens (tertiary/aromatic N) is 1. The number of aromatic nitrogens is 1. The van der Waals surface area contributed by atoms with Crippen LogP contribution in [-0.4, -0.2) is 11.0 Å². The van der Waals surface area contributed by atoms with Crippen molar-refractivity contribution in [3.63, 3.8) is 0 Å². The number of hydrogen-bond acceptors (Lipinski definition) is 3. The first-order valence-corrected chi connectivity index (χ1v) is 6.48. The summed E-state index contributed by atoms with van der Waals surface area (Å²) in [5.74, 6) is 1.64. The lowest BCUT2D eigenvalue weighted by Gasteiger charge is -2.03. The van der Waals surface area contributed by atoms with Crippen molar-refractivity contribution >= 4 is 0 Å². The van der Waals surface area contributed by atoms with Gasteiger partial charge in [0.25, 0.3) is 0 Å². The standard InChI is InChI=1S/C15H18N2O/c1-10-3-4-11(2)13(7-10)14-8-17-15(18-14)9-16-12-5-6-12/h3-4,7-8,12,16H,5-6,9H2,1-2H3. The molecule has 94 valence electrons. The van der Waals surface area contributed by atoms with Crippen molar-refractivity contribution in [1.29, 1.82) is 0 Å². The Hall–Kier alpha value is -1.61. The van der Waals surface area contributed by atoms with Crippen LogP contribution >= 0.6 is 0 Å². The van der Waals surface area contributed by atoms with Crippen LogP contribution in [0.5, 0.6) is 0 Å². The summed E-state index contributed by atoms with van der Waals surface area (Å²) in [6.07, 6.45) is 4.39. The van der Waals surface area contributed by atoms with Crippen LogP contribution in [-0.2, 0) is 6.54 Å². The predicted octanol–water partition coefficient (Wildman–Crippen LogP) is 3.21. The molecule has 3 heteroatoms. The molecule has 0 spiro atoms. The SMILES string of the molecule is Cc1ccc(C)c(-c2cnc(CNC3CC3)o2)c1. The quantitative estimate of drug-likeness (QED) is 0.894. The average molecular weight is 242 g/mol. The molecule has 0 bridgehead atoms. The minimum atomic E-state index is 0.682. The highest BCUT2D eigenvalue weighted by molar-refractivity contribution is 5.62. The summed E-state index contributed by atoms with van der Waals surface area (Å²) in [5, 5.41) is 3.41. The van der Waals surface area contributed by atoms with E-state index in [1.165, 1.54) is 24.0 Å². The van der Waals surface area contributed by atoms with E-state index in [-0.39, 0.29) is 0 Å². The Kier molecular flexibility index (Phi) is 2.92. The molecule has 1 aliphatic carbocycles. The molecule has 0 amide bonds. The van der Waals surface area contributed by atoms with E-state index in [1.54, 1.807) is 0 Å². The molecule has 0 atom stereocenters. The molecule has 1 aromatic carbocycles. The molecule has 18 heavy (non-hydrogen) atoms. The second-order valence-electron chi connectivity index (χ2n) is 5.09. The van der Waals surface area contributed by atoms with Gasteiger partial charge in [0.1, 0.15) is 0 Å². The Morgan fingerprint density at radius 1 is 1.33 bits per heavy atom. The second kappa shape index (κ2) is 4.58. The van der Waals surface area contributed by atoms with E-state index < -0.39 is 0 Å². The highest BCUT2D eigenvalue weighted by Gasteiger charge is 2.21. The van der Waals surface area contributed by atoms with Gasteiger partial charge in [-0.05, 0) is 38.3 Å². The van der Waals surface area contributed by atoms with Crippen LogP contribution in [0.4, 0.5) is 0 Å². The zero-order valence-corrected chi connectivity index (χ0v) is 10.9. The topological polar surface area (TPSA) is 38.1 Å². The van der Waals surface area contributed by atoms with E-state index in [2.05, 4.69) is 42.3 Å². The molecule has 0 saturated heterocycles. The molecule has 1 saturated carbocycles. The Bertz CT molecular complexity index is 555. The first kappa shape index (κ1) is 11.5. The summed E-state index contributed by atoms with van der Waals surface area (Å²) in [6.45, 7) is 4.92. The van der Waals surface area contributed by atoms with Gasteiger partial charge in [-0.1, -0.05) is 17.7 Å². The smallest absolute Gasteiger partial charge is 0.208 e. The molecule has 3 nitrogen and oxygen atoms in total. The fourth-order valence-electron chi connectivity index (χ4n) is 2.04. The van der Waals surface area contributed by atoms with Gasteiger partial charge in [-0.3, -0.25) is 0 Å². The van der Waals surface area contributed by atoms with Gasteiger partial charge < -0.3 is 9.73 Å². The van der Waals surface area contributed by atoms with Crippen LogP contribution in [0.25, 0.3) is 11.3 Å². The van der Waals surface area contributed by atoms with E-state index in [0.717, 1.165) is 23.8 Å². The lowest BCUT2D eigenvalue weighted by atomic mass is 10.0. The fraction of sp³-hybridized carbons (Fsp3) is 0.400. The molecule has 1 aliphatic rings. The number of hydrogen-bond donors (Lipinski definition) is 1. The van der Waals surface area contributed by atoms with Gasteiger partial charge in [0.05, 0.1) is 12.7 Å². The average Bonchev–Trinajstić information content (AvgIpc) is 3.08. The van der Waals surface area contributed by atoms with Crippen LogP contribution in [0.15, 0.2) is 28.8 Å². The Morgan fingerprint density at radius 3 is 2.94 bits per heavy atom. The zero-order chi connectivity index (χ0) is 12.5. The molecule has 0 unspecified atom stereocenters. The van der Waals surface area contributed by atoms with E-state index in [1.807, 2.05) is 6.20 Å². The van der Waals surface area contributed by atoms with E-state index in [4.69, 9.17) is 4.42 Å². The first-order chi connectivity index (χ1) is 8.72. The van der Waals surface area contributed by atoms with Crippen LogP contribution in [0.1, 0.15) is 29.9 Å². The molecule has 1 fully saturated rings. The monoisotopic (exact) mass is 242 g/mol. The normalized spacial score (nSPS) is 15.0. The summed E-state index contributed by atoms with van der Waals surface area (Å²) in [7, 11) is 0. The minimum absolute atomic E-state index is 0.682. The highest BCUT2D eigenvalue weighted by Crippen LogP contribution is 2.25. The summed E-state index contributed by atoms with van der Waals surface area (Å²) < 4.78 is 5.81. The highest BCUT2D eigenvalue weighted by atomic mass is 16.4. The van der Waals surface area contributed by atoms with E-state index in [0.29, 0.717) is 6.04 Å². The van der Waals surface area contributed by atoms with Crippen molar-refractivity contribution in [2.75, 3.05) is 0 Å². The van der Waals surface area contributed by atoms with Gasteiger partial charge >= 0.3 is 0 Å². The minimum Gasteiger partial charge on any atom is -0.439 e. The van der Waals surface area contributed by atoms with Crippen molar-refractivity contribution in [3.8, 4) is 11.3 Å². The van der Waals surface area contributed by atoms with Gasteiger partial charge in [-0.2, -0.15) is 0 Å². The molecular weight excluding hydrogens is 224 g/mol. The van der Waals surface area contributed by atoms with Crippen molar-refractivity contribution in [3.05, 3.63) is 41.4 Å². The summed E-state index contributed by atoms with van der Waals surface area (Å²) >= 11 is 0. The molecule has 1 heterocycles. The maximum atomic E-state index is 5.81. The second-order valence-corrected chi connectivity index (χ2v) is 5.09. The molecule has 2 aromatic rings. The summed E-state index contributed by atoms with van der Waals surface area (Å²) in [4.78, 5) is 4.33. The predicted molar refractivity (Wildman–Crippen MR) is 71.3 cm³/mol. The van der Waals surface area contributed by atoms with Gasteiger partial charge in [0.2, 0.25) is 5.89 Å². The zero-order valence-electron chi connectivity index (χ0n) is 10.9. The maximum Gasteiger partial charge on any atom is 0.208 e. The van der Waals surface area contributed by atoms with E-state index >= 15 is 0 Å². The van der Waals surface area contributed by atoms with Gasteiger partial charge in [0.15, 0.2) is 5.76 Å². The Labute approximate surface area is 107 Å². The van der Waals surface area contributed by atoms with Gasteiger partial charge in [-0.25, -0.2) is 4.98 Å². The van der Waals surface area contributed by atoms with Crippen molar-refractivity contribution in [1.82, 2.24) is 10.3 Å². The van der Waals surface area contributed by atoms with Crippen molar-refractivity contribution in [2.45, 2.75) is 39.3 Å². The number of aryl methyl sites for hydroxylation is 2. The summed E-state index contributed by atoms with van der Waals surface area (Å²) in [6, 6.07) is 7.06. The Morgan fingerprint density at radius 2 is 2.17 bits per heavy atom. The molecule has 1 aromatic heterocycles. The third kappa shape index (κ3) is 2.46. The molecular formula is C15H18N2O. The third-order valence-corrected chi connectivity index (χ3v) is 3.33. The van der Waals surface area contributed by atoms with Crippen LogP contribution in [0, 0.1) is 13.8 Å². The first-order valence-electron chi connectivity index (χ1n) is 6.48. The molecule has 0 radical (unpaired) electrons. The van der Waals surface area contributed by atoms with Gasteiger partial charge in [0, 0.05) is 11.6 Å². The van der Waals surface area contributed by atoms with Gasteiger partial charge in [-0.15, -0.1) is 0 Å². The maximum absolute atomic E-state index is 5.81. The fourth-order valence-corrected chi connectivity index (χ4v) is 2.04. The van der Waals surface area contributed by atoms with Crippen LogP contribution in [0.2, 0.25) is 0 Å². The lowest BCUT2D eigenvalue weighted by Crippen LogP contribution is -2.15. The lowest BCUT2D eigenvalue weighted by molar-refractivity contribution is 0.476.